The summed E-state index contributed by atoms with van der Waals surface area (Å²) >= 11 is 0. The van der Waals surface area contributed by atoms with Crippen molar-refractivity contribution in [3.8, 4) is 0 Å². The van der Waals surface area contributed by atoms with Crippen molar-refractivity contribution in [2.24, 2.45) is 17.4 Å². The lowest BCUT2D eigenvalue weighted by Crippen LogP contribution is -2.34. The van der Waals surface area contributed by atoms with Gasteiger partial charge in [0.15, 0.2) is 0 Å². The van der Waals surface area contributed by atoms with E-state index in [0.29, 0.717) is 19.3 Å². The van der Waals surface area contributed by atoms with Gasteiger partial charge in [0.1, 0.15) is 6.04 Å². The summed E-state index contributed by atoms with van der Waals surface area (Å²) in [5.41, 5.74) is 10.9. The topological polar surface area (TPSA) is 127 Å². The van der Waals surface area contributed by atoms with Gasteiger partial charge in [-0.3, -0.25) is 9.59 Å². The van der Waals surface area contributed by atoms with Crippen LogP contribution in [0.5, 0.6) is 0 Å². The maximum atomic E-state index is 10.5. The molecule has 0 heterocycles. The summed E-state index contributed by atoms with van der Waals surface area (Å²) in [7, 11) is 0. The average Bonchev–Trinajstić information content (AvgIpc) is 2.15. The van der Waals surface area contributed by atoms with Crippen LogP contribution in [0.15, 0.2) is 0 Å². The molecule has 0 fully saturated rings. The van der Waals surface area contributed by atoms with Crippen LogP contribution in [-0.4, -0.2) is 34.2 Å². The van der Waals surface area contributed by atoms with Crippen LogP contribution in [0.25, 0.3) is 0 Å². The van der Waals surface area contributed by atoms with E-state index in [9.17, 15) is 9.59 Å². The Morgan fingerprint density at radius 2 is 1.67 bits per heavy atom. The molecule has 0 aromatic rings. The van der Waals surface area contributed by atoms with Crippen molar-refractivity contribution in [1.82, 2.24) is 0 Å². The predicted octanol–water partition coefficient (Wildman–Crippen LogP) is -0.383. The second-order valence-electron chi connectivity index (χ2n) is 3.67. The summed E-state index contributed by atoms with van der Waals surface area (Å²) in [6.45, 7) is 1.53. The maximum absolute atomic E-state index is 10.5. The van der Waals surface area contributed by atoms with Gasteiger partial charge in [0.2, 0.25) is 0 Å². The van der Waals surface area contributed by atoms with Crippen LogP contribution in [0.1, 0.15) is 26.2 Å². The standard InChI is InChI=1S/C9H18N2O4/c1-5(8(12)13)6(10)3-2-4-7(11)9(14)15/h5-7H,2-4,10-11H2,1H3,(H,12,13)(H,14,15)/t5?,6?,7-/m0/s1. The Hall–Kier alpha value is -1.14. The molecule has 88 valence electrons. The molecule has 0 amide bonds. The minimum Gasteiger partial charge on any atom is -0.481 e. The molecule has 15 heavy (non-hydrogen) atoms. The summed E-state index contributed by atoms with van der Waals surface area (Å²) in [5.74, 6) is -2.61. The number of nitrogens with two attached hydrogens (primary N) is 2. The number of rotatable bonds is 7. The first kappa shape index (κ1) is 13.9. The molecule has 3 atom stereocenters. The number of carboxylic acids is 2. The normalized spacial score (nSPS) is 16.7. The van der Waals surface area contributed by atoms with Crippen molar-refractivity contribution in [1.29, 1.82) is 0 Å². The number of hydrogen-bond acceptors (Lipinski definition) is 4. The Kier molecular flexibility index (Phi) is 5.88. The fraction of sp³-hybridized carbons (Fsp3) is 0.778. The van der Waals surface area contributed by atoms with Crippen molar-refractivity contribution < 1.29 is 19.8 Å². The van der Waals surface area contributed by atoms with Gasteiger partial charge in [-0.1, -0.05) is 6.92 Å². The highest BCUT2D eigenvalue weighted by Crippen LogP contribution is 2.09. The summed E-state index contributed by atoms with van der Waals surface area (Å²) < 4.78 is 0. The van der Waals surface area contributed by atoms with Crippen molar-refractivity contribution in [3.63, 3.8) is 0 Å². The summed E-state index contributed by atoms with van der Waals surface area (Å²) in [6.07, 6.45) is 1.30. The molecule has 6 N–H and O–H groups in total. The Balaban J connectivity index is 3.77. The van der Waals surface area contributed by atoms with E-state index in [4.69, 9.17) is 21.7 Å². The van der Waals surface area contributed by atoms with Gasteiger partial charge < -0.3 is 21.7 Å². The van der Waals surface area contributed by atoms with Crippen LogP contribution in [0.2, 0.25) is 0 Å². The Bertz CT molecular complexity index is 232. The number of aliphatic carboxylic acids is 2. The maximum Gasteiger partial charge on any atom is 0.320 e. The first-order valence-electron chi connectivity index (χ1n) is 4.83. The molecular weight excluding hydrogens is 200 g/mol. The molecular formula is C9H18N2O4. The lowest BCUT2D eigenvalue weighted by molar-refractivity contribution is -0.142. The third-order valence-electron chi connectivity index (χ3n) is 2.40. The van der Waals surface area contributed by atoms with Crippen molar-refractivity contribution in [3.05, 3.63) is 0 Å². The highest BCUT2D eigenvalue weighted by atomic mass is 16.4. The number of carboxylic acid groups (broad SMARTS) is 2. The van der Waals surface area contributed by atoms with Gasteiger partial charge in [0.25, 0.3) is 0 Å². The van der Waals surface area contributed by atoms with Crippen LogP contribution in [0.4, 0.5) is 0 Å². The van der Waals surface area contributed by atoms with Crippen LogP contribution < -0.4 is 11.5 Å². The second-order valence-corrected chi connectivity index (χ2v) is 3.67. The minimum absolute atomic E-state index is 0.315. The van der Waals surface area contributed by atoms with Crippen LogP contribution in [0.3, 0.4) is 0 Å². The summed E-state index contributed by atoms with van der Waals surface area (Å²) in [6, 6.07) is -1.35. The summed E-state index contributed by atoms with van der Waals surface area (Å²) in [4.78, 5) is 20.9. The molecule has 0 saturated carbocycles. The van der Waals surface area contributed by atoms with Crippen molar-refractivity contribution in [2.45, 2.75) is 38.3 Å². The van der Waals surface area contributed by atoms with E-state index in [-0.39, 0.29) is 0 Å². The van der Waals surface area contributed by atoms with E-state index in [2.05, 4.69) is 0 Å². The van der Waals surface area contributed by atoms with Gasteiger partial charge in [-0.05, 0) is 19.3 Å². The monoisotopic (exact) mass is 218 g/mol. The van der Waals surface area contributed by atoms with E-state index < -0.39 is 29.9 Å². The van der Waals surface area contributed by atoms with Crippen LogP contribution in [0, 0.1) is 5.92 Å². The lowest BCUT2D eigenvalue weighted by atomic mass is 9.96. The second kappa shape index (κ2) is 6.36. The minimum atomic E-state index is -1.05. The van der Waals surface area contributed by atoms with Crippen LogP contribution >= 0.6 is 0 Å². The van der Waals surface area contributed by atoms with E-state index in [1.54, 1.807) is 0 Å². The molecule has 0 aliphatic heterocycles. The van der Waals surface area contributed by atoms with Gasteiger partial charge in [-0.2, -0.15) is 0 Å². The SMILES string of the molecule is CC(C(=O)O)C(N)CCC[C@H](N)C(=O)O. The molecule has 0 aliphatic carbocycles. The van der Waals surface area contributed by atoms with E-state index in [1.165, 1.54) is 6.92 Å². The number of carbonyl (C=O) groups is 2. The van der Waals surface area contributed by atoms with Gasteiger partial charge in [0, 0.05) is 6.04 Å². The molecule has 0 bridgehead atoms. The molecule has 0 aliphatic rings. The fourth-order valence-corrected chi connectivity index (χ4v) is 1.13. The number of hydrogen-bond donors (Lipinski definition) is 4. The molecule has 0 spiro atoms. The van der Waals surface area contributed by atoms with Crippen molar-refractivity contribution >= 4 is 11.9 Å². The third kappa shape index (κ3) is 5.34. The zero-order chi connectivity index (χ0) is 12.0. The largest absolute Gasteiger partial charge is 0.481 e. The average molecular weight is 218 g/mol. The quantitative estimate of drug-likeness (QED) is 0.461. The van der Waals surface area contributed by atoms with E-state index in [1.807, 2.05) is 0 Å². The first-order valence-corrected chi connectivity index (χ1v) is 4.83. The Morgan fingerprint density at radius 1 is 1.13 bits per heavy atom. The molecule has 0 rings (SSSR count). The van der Waals surface area contributed by atoms with Gasteiger partial charge >= 0.3 is 11.9 Å². The van der Waals surface area contributed by atoms with Crippen LogP contribution in [-0.2, 0) is 9.59 Å². The smallest absolute Gasteiger partial charge is 0.320 e. The molecule has 0 aromatic carbocycles. The fourth-order valence-electron chi connectivity index (χ4n) is 1.13. The van der Waals surface area contributed by atoms with E-state index >= 15 is 0 Å². The zero-order valence-corrected chi connectivity index (χ0v) is 8.72. The lowest BCUT2D eigenvalue weighted by Gasteiger charge is -2.16. The Labute approximate surface area is 88.3 Å². The van der Waals surface area contributed by atoms with Gasteiger partial charge in [-0.15, -0.1) is 0 Å². The Morgan fingerprint density at radius 3 is 2.07 bits per heavy atom. The molecule has 2 unspecified atom stereocenters. The molecule has 0 aromatic heterocycles. The van der Waals surface area contributed by atoms with Crippen molar-refractivity contribution in [2.75, 3.05) is 0 Å². The van der Waals surface area contributed by atoms with Gasteiger partial charge in [0.05, 0.1) is 5.92 Å². The molecule has 6 nitrogen and oxygen atoms in total. The molecule has 0 radical (unpaired) electrons. The highest BCUT2D eigenvalue weighted by molar-refractivity contribution is 5.73. The highest BCUT2D eigenvalue weighted by Gasteiger charge is 2.20. The predicted molar refractivity (Wildman–Crippen MR) is 54.2 cm³/mol. The molecule has 0 saturated heterocycles. The van der Waals surface area contributed by atoms with Gasteiger partial charge in [-0.25, -0.2) is 0 Å². The zero-order valence-electron chi connectivity index (χ0n) is 8.72. The third-order valence-corrected chi connectivity index (χ3v) is 2.40. The summed E-state index contributed by atoms with van der Waals surface area (Å²) in [5, 5.41) is 17.1. The van der Waals surface area contributed by atoms with E-state index in [0.717, 1.165) is 0 Å². The molecule has 6 heteroatoms. The first-order chi connectivity index (χ1) is 6.86.